The number of ether oxygens (including phenoxy) is 3. The molecular weight excluding hydrogens is 238 g/mol. The van der Waals surface area contributed by atoms with Crippen LogP contribution in [0.5, 0.6) is 17.2 Å². The lowest BCUT2D eigenvalue weighted by molar-refractivity contribution is 0.173. The number of aromatic nitrogens is 2. The van der Waals surface area contributed by atoms with Crippen molar-refractivity contribution in [2.45, 2.75) is 13.2 Å². The van der Waals surface area contributed by atoms with Gasteiger partial charge in [-0.3, -0.25) is 0 Å². The molecule has 1 aromatic carbocycles. The van der Waals surface area contributed by atoms with E-state index in [1.54, 1.807) is 18.2 Å². The van der Waals surface area contributed by atoms with Crippen LogP contribution < -0.4 is 19.9 Å². The lowest BCUT2D eigenvalue weighted by Crippen LogP contribution is -1.96. The van der Waals surface area contributed by atoms with Crippen LogP contribution in [0.3, 0.4) is 0 Å². The van der Waals surface area contributed by atoms with Gasteiger partial charge in [-0.15, -0.1) is 10.2 Å². The summed E-state index contributed by atoms with van der Waals surface area (Å²) >= 11 is 0. The van der Waals surface area contributed by atoms with Crippen molar-refractivity contribution >= 4 is 0 Å². The predicted octanol–water partition coefficient (Wildman–Crippen LogP) is 0.836. The number of rotatable bonds is 4. The molecule has 2 N–H and O–H groups in total. The van der Waals surface area contributed by atoms with E-state index < -0.39 is 0 Å². The number of hydrogen-bond donors (Lipinski definition) is 1. The van der Waals surface area contributed by atoms with Gasteiger partial charge in [-0.2, -0.15) is 0 Å². The van der Waals surface area contributed by atoms with E-state index in [-0.39, 0.29) is 19.9 Å². The summed E-state index contributed by atoms with van der Waals surface area (Å²) in [5.74, 6) is 2.80. The van der Waals surface area contributed by atoms with Gasteiger partial charge in [0.05, 0.1) is 6.54 Å². The highest BCUT2D eigenvalue weighted by Crippen LogP contribution is 2.35. The van der Waals surface area contributed by atoms with Crippen LogP contribution in [0, 0.1) is 0 Å². The van der Waals surface area contributed by atoms with Gasteiger partial charge in [0, 0.05) is 6.07 Å². The van der Waals surface area contributed by atoms with Crippen LogP contribution in [-0.4, -0.2) is 17.0 Å². The molecule has 94 valence electrons. The first-order chi connectivity index (χ1) is 8.85. The Morgan fingerprint density at radius 2 is 2.00 bits per heavy atom. The van der Waals surface area contributed by atoms with Gasteiger partial charge >= 0.3 is 0 Å². The van der Waals surface area contributed by atoms with Crippen LogP contribution in [-0.2, 0) is 13.2 Å². The summed E-state index contributed by atoms with van der Waals surface area (Å²) in [6.45, 7) is 0.645. The van der Waals surface area contributed by atoms with Crippen molar-refractivity contribution in [2.24, 2.45) is 5.73 Å². The molecule has 0 saturated heterocycles. The minimum Gasteiger partial charge on any atom is -0.484 e. The molecule has 0 radical (unpaired) electrons. The first kappa shape index (κ1) is 10.8. The number of nitrogens with zero attached hydrogens (tertiary/aromatic N) is 2. The average molecular weight is 249 g/mol. The second kappa shape index (κ2) is 4.53. The molecule has 7 heteroatoms. The fourth-order valence-electron chi connectivity index (χ4n) is 1.54. The number of nitrogens with two attached hydrogens (primary N) is 1. The second-order valence-corrected chi connectivity index (χ2v) is 3.60. The minimum atomic E-state index is 0.187. The van der Waals surface area contributed by atoms with Gasteiger partial charge < -0.3 is 24.4 Å². The van der Waals surface area contributed by atoms with Gasteiger partial charge in [0.15, 0.2) is 18.1 Å². The first-order valence-electron chi connectivity index (χ1n) is 5.39. The Kier molecular flexibility index (Phi) is 2.73. The largest absolute Gasteiger partial charge is 0.484 e. The molecule has 0 amide bonds. The van der Waals surface area contributed by atoms with Crippen molar-refractivity contribution in [1.82, 2.24) is 10.2 Å². The normalized spacial score (nSPS) is 12.7. The maximum Gasteiger partial charge on any atom is 0.253 e. The quantitative estimate of drug-likeness (QED) is 0.857. The Morgan fingerprint density at radius 1 is 1.17 bits per heavy atom. The van der Waals surface area contributed by atoms with Gasteiger partial charge in [-0.1, -0.05) is 0 Å². The Morgan fingerprint density at radius 3 is 2.83 bits per heavy atom. The maximum atomic E-state index is 5.50. The molecule has 2 heterocycles. The summed E-state index contributed by atoms with van der Waals surface area (Å²) in [4.78, 5) is 0. The third kappa shape index (κ3) is 2.07. The van der Waals surface area contributed by atoms with Crippen molar-refractivity contribution in [3.63, 3.8) is 0 Å². The van der Waals surface area contributed by atoms with Crippen LogP contribution in [0.2, 0.25) is 0 Å². The molecule has 7 nitrogen and oxygen atoms in total. The zero-order valence-corrected chi connectivity index (χ0v) is 9.46. The first-order valence-corrected chi connectivity index (χ1v) is 5.39. The highest BCUT2D eigenvalue weighted by Gasteiger charge is 2.14. The summed E-state index contributed by atoms with van der Waals surface area (Å²) in [6, 6.07) is 5.33. The van der Waals surface area contributed by atoms with E-state index in [2.05, 4.69) is 10.2 Å². The summed E-state index contributed by atoms with van der Waals surface area (Å²) < 4.78 is 21.2. The van der Waals surface area contributed by atoms with Gasteiger partial charge in [-0.25, -0.2) is 0 Å². The fraction of sp³-hybridized carbons (Fsp3) is 0.273. The predicted molar refractivity (Wildman–Crippen MR) is 59.1 cm³/mol. The summed E-state index contributed by atoms with van der Waals surface area (Å²) in [5, 5.41) is 7.54. The van der Waals surface area contributed by atoms with Crippen LogP contribution >= 0.6 is 0 Å². The lowest BCUT2D eigenvalue weighted by Gasteiger charge is -2.03. The molecule has 1 aliphatic heterocycles. The van der Waals surface area contributed by atoms with E-state index in [0.717, 1.165) is 0 Å². The number of benzene rings is 1. The highest BCUT2D eigenvalue weighted by atomic mass is 16.7. The molecule has 3 rings (SSSR count). The van der Waals surface area contributed by atoms with E-state index >= 15 is 0 Å². The Balaban J connectivity index is 1.66. The van der Waals surface area contributed by atoms with E-state index in [4.69, 9.17) is 24.4 Å². The molecule has 1 aliphatic rings. The second-order valence-electron chi connectivity index (χ2n) is 3.60. The number of fused-ring (bicyclic) bond motifs is 1. The van der Waals surface area contributed by atoms with Gasteiger partial charge in [0.1, 0.15) is 5.75 Å². The monoisotopic (exact) mass is 249 g/mol. The molecule has 0 fully saturated rings. The molecule has 1 aromatic heterocycles. The van der Waals surface area contributed by atoms with Crippen LogP contribution in [0.1, 0.15) is 11.8 Å². The van der Waals surface area contributed by atoms with Crippen molar-refractivity contribution in [2.75, 3.05) is 6.79 Å². The zero-order chi connectivity index (χ0) is 12.4. The van der Waals surface area contributed by atoms with Crippen LogP contribution in [0.4, 0.5) is 0 Å². The molecule has 0 spiro atoms. The molecule has 0 aliphatic carbocycles. The van der Waals surface area contributed by atoms with E-state index in [1.165, 1.54) is 0 Å². The molecule has 0 unspecified atom stereocenters. The smallest absolute Gasteiger partial charge is 0.253 e. The maximum absolute atomic E-state index is 5.50. The molecule has 0 bridgehead atoms. The van der Waals surface area contributed by atoms with E-state index in [9.17, 15) is 0 Å². The summed E-state index contributed by atoms with van der Waals surface area (Å²) in [6.07, 6.45) is 0. The molecular formula is C11H11N3O4. The van der Waals surface area contributed by atoms with Gasteiger partial charge in [-0.05, 0) is 12.1 Å². The average Bonchev–Trinajstić information content (AvgIpc) is 3.04. The highest BCUT2D eigenvalue weighted by molar-refractivity contribution is 5.46. The fourth-order valence-corrected chi connectivity index (χ4v) is 1.54. The SMILES string of the molecule is NCc1nnc(COc2ccc3c(c2)OCO3)o1. The topological polar surface area (TPSA) is 92.6 Å². The van der Waals surface area contributed by atoms with E-state index in [1.807, 2.05) is 0 Å². The third-order valence-corrected chi connectivity index (χ3v) is 2.39. The zero-order valence-electron chi connectivity index (χ0n) is 9.46. The third-order valence-electron chi connectivity index (χ3n) is 2.39. The molecule has 0 atom stereocenters. The summed E-state index contributed by atoms with van der Waals surface area (Å²) in [5.41, 5.74) is 5.36. The molecule has 2 aromatic rings. The van der Waals surface area contributed by atoms with Crippen molar-refractivity contribution in [3.8, 4) is 17.2 Å². The van der Waals surface area contributed by atoms with Crippen molar-refractivity contribution < 1.29 is 18.6 Å². The van der Waals surface area contributed by atoms with Crippen LogP contribution in [0.25, 0.3) is 0 Å². The lowest BCUT2D eigenvalue weighted by atomic mass is 10.3. The summed E-state index contributed by atoms with van der Waals surface area (Å²) in [7, 11) is 0. The Labute approximate surface area is 102 Å². The van der Waals surface area contributed by atoms with E-state index in [0.29, 0.717) is 29.0 Å². The minimum absolute atomic E-state index is 0.187. The van der Waals surface area contributed by atoms with Gasteiger partial charge in [0.25, 0.3) is 5.89 Å². The van der Waals surface area contributed by atoms with Crippen molar-refractivity contribution in [3.05, 3.63) is 30.0 Å². The Bertz CT molecular complexity index is 555. The van der Waals surface area contributed by atoms with Crippen LogP contribution in [0.15, 0.2) is 22.6 Å². The standard InChI is InChI=1S/C11H11N3O4/c12-4-10-13-14-11(18-10)5-15-7-1-2-8-9(3-7)17-6-16-8/h1-3H,4-6,12H2. The van der Waals surface area contributed by atoms with Gasteiger partial charge in [0.2, 0.25) is 12.7 Å². The van der Waals surface area contributed by atoms with Crippen molar-refractivity contribution in [1.29, 1.82) is 0 Å². The molecule has 18 heavy (non-hydrogen) atoms. The molecule has 0 saturated carbocycles. The Hall–Kier alpha value is -2.28. The number of hydrogen-bond acceptors (Lipinski definition) is 7.